The standard InChI is InChI=1S/C14H21NO3/c1-3-4-5-6-7-12(2)18-14-10-8-13(9-11-14)15(16)17/h8-12H,3-7H2,1-2H3. The third-order valence-electron chi connectivity index (χ3n) is 2.85. The zero-order valence-corrected chi connectivity index (χ0v) is 11.1. The molecule has 0 fully saturated rings. The number of rotatable bonds is 8. The van der Waals surface area contributed by atoms with Crippen molar-refractivity contribution < 1.29 is 9.66 Å². The van der Waals surface area contributed by atoms with E-state index in [1.54, 1.807) is 12.1 Å². The molecular weight excluding hydrogens is 230 g/mol. The molecule has 4 heteroatoms. The van der Waals surface area contributed by atoms with Gasteiger partial charge in [-0.05, 0) is 31.9 Å². The van der Waals surface area contributed by atoms with Crippen molar-refractivity contribution in [2.45, 2.75) is 52.1 Å². The second-order valence-corrected chi connectivity index (χ2v) is 4.53. The van der Waals surface area contributed by atoms with Crippen LogP contribution in [0.3, 0.4) is 0 Å². The van der Waals surface area contributed by atoms with E-state index in [4.69, 9.17) is 4.74 Å². The van der Waals surface area contributed by atoms with E-state index in [0.717, 1.165) is 6.42 Å². The average molecular weight is 251 g/mol. The second-order valence-electron chi connectivity index (χ2n) is 4.53. The average Bonchev–Trinajstić information content (AvgIpc) is 2.35. The van der Waals surface area contributed by atoms with Gasteiger partial charge < -0.3 is 4.74 Å². The number of hydrogen-bond donors (Lipinski definition) is 0. The maximum Gasteiger partial charge on any atom is 0.269 e. The Morgan fingerprint density at radius 3 is 2.44 bits per heavy atom. The monoisotopic (exact) mass is 251 g/mol. The number of ether oxygens (including phenoxy) is 1. The highest BCUT2D eigenvalue weighted by atomic mass is 16.6. The number of non-ortho nitro benzene ring substituents is 1. The number of nitro benzene ring substituents is 1. The number of hydrogen-bond acceptors (Lipinski definition) is 3. The van der Waals surface area contributed by atoms with Gasteiger partial charge in [-0.3, -0.25) is 10.1 Å². The topological polar surface area (TPSA) is 52.4 Å². The molecule has 1 atom stereocenters. The molecular formula is C14H21NO3. The molecule has 1 aromatic rings. The maximum absolute atomic E-state index is 10.5. The summed E-state index contributed by atoms with van der Waals surface area (Å²) in [5, 5.41) is 10.5. The third kappa shape index (κ3) is 5.17. The summed E-state index contributed by atoms with van der Waals surface area (Å²) in [6.45, 7) is 4.23. The van der Waals surface area contributed by atoms with E-state index in [-0.39, 0.29) is 11.8 Å². The van der Waals surface area contributed by atoms with Crippen molar-refractivity contribution in [2.24, 2.45) is 0 Å². The van der Waals surface area contributed by atoms with Crippen molar-refractivity contribution in [1.82, 2.24) is 0 Å². The highest BCUT2D eigenvalue weighted by molar-refractivity contribution is 5.36. The lowest BCUT2D eigenvalue weighted by atomic mass is 10.1. The van der Waals surface area contributed by atoms with E-state index in [0.29, 0.717) is 5.75 Å². The summed E-state index contributed by atoms with van der Waals surface area (Å²) in [7, 11) is 0. The quantitative estimate of drug-likeness (QED) is 0.392. The minimum absolute atomic E-state index is 0.0953. The van der Waals surface area contributed by atoms with Crippen LogP contribution in [-0.4, -0.2) is 11.0 Å². The van der Waals surface area contributed by atoms with Crippen LogP contribution < -0.4 is 4.74 Å². The predicted octanol–water partition coefficient (Wildman–Crippen LogP) is 4.33. The zero-order valence-electron chi connectivity index (χ0n) is 11.1. The number of nitrogens with zero attached hydrogens (tertiary/aromatic N) is 1. The van der Waals surface area contributed by atoms with Crippen molar-refractivity contribution in [2.75, 3.05) is 0 Å². The van der Waals surface area contributed by atoms with Gasteiger partial charge in [0.1, 0.15) is 5.75 Å². The molecule has 18 heavy (non-hydrogen) atoms. The van der Waals surface area contributed by atoms with Gasteiger partial charge in [0.25, 0.3) is 5.69 Å². The highest BCUT2D eigenvalue weighted by Gasteiger charge is 2.07. The first-order chi connectivity index (χ1) is 8.63. The van der Waals surface area contributed by atoms with Gasteiger partial charge in [0.2, 0.25) is 0 Å². The molecule has 0 aliphatic carbocycles. The number of unbranched alkanes of at least 4 members (excludes halogenated alkanes) is 3. The number of nitro groups is 1. The fourth-order valence-corrected chi connectivity index (χ4v) is 1.80. The van der Waals surface area contributed by atoms with Gasteiger partial charge in [-0.1, -0.05) is 26.2 Å². The van der Waals surface area contributed by atoms with Gasteiger partial charge in [0, 0.05) is 12.1 Å². The molecule has 0 aliphatic rings. The maximum atomic E-state index is 10.5. The summed E-state index contributed by atoms with van der Waals surface area (Å²) in [5.74, 6) is 0.698. The molecule has 0 amide bonds. The van der Waals surface area contributed by atoms with Crippen LogP contribution in [-0.2, 0) is 0 Å². The lowest BCUT2D eigenvalue weighted by Gasteiger charge is -2.14. The van der Waals surface area contributed by atoms with Crippen molar-refractivity contribution >= 4 is 5.69 Å². The molecule has 1 unspecified atom stereocenters. The van der Waals surface area contributed by atoms with Gasteiger partial charge in [0.05, 0.1) is 11.0 Å². The van der Waals surface area contributed by atoms with Crippen LogP contribution in [0.2, 0.25) is 0 Å². The van der Waals surface area contributed by atoms with Crippen LogP contribution in [0.1, 0.15) is 46.0 Å². The Balaban J connectivity index is 2.35. The molecule has 0 aliphatic heterocycles. The summed E-state index contributed by atoms with van der Waals surface area (Å²) in [6, 6.07) is 6.25. The largest absolute Gasteiger partial charge is 0.491 e. The SMILES string of the molecule is CCCCCCC(C)Oc1ccc([N+](=O)[O-])cc1. The summed E-state index contributed by atoms with van der Waals surface area (Å²) >= 11 is 0. The van der Waals surface area contributed by atoms with Gasteiger partial charge in [-0.25, -0.2) is 0 Å². The number of benzene rings is 1. The second kappa shape index (κ2) is 7.69. The lowest BCUT2D eigenvalue weighted by Crippen LogP contribution is -2.11. The normalized spacial score (nSPS) is 12.1. The molecule has 0 bridgehead atoms. The molecule has 0 heterocycles. The third-order valence-corrected chi connectivity index (χ3v) is 2.85. The van der Waals surface area contributed by atoms with Crippen molar-refractivity contribution in [3.05, 3.63) is 34.4 Å². The van der Waals surface area contributed by atoms with Crippen LogP contribution in [0.4, 0.5) is 5.69 Å². The fourth-order valence-electron chi connectivity index (χ4n) is 1.80. The van der Waals surface area contributed by atoms with Crippen molar-refractivity contribution in [3.8, 4) is 5.75 Å². The Bertz CT molecular complexity index is 362. The first kappa shape index (κ1) is 14.5. The van der Waals surface area contributed by atoms with E-state index >= 15 is 0 Å². The first-order valence-corrected chi connectivity index (χ1v) is 6.54. The molecule has 100 valence electrons. The van der Waals surface area contributed by atoms with Crippen molar-refractivity contribution in [3.63, 3.8) is 0 Å². The lowest BCUT2D eigenvalue weighted by molar-refractivity contribution is -0.384. The van der Waals surface area contributed by atoms with Gasteiger partial charge >= 0.3 is 0 Å². The smallest absolute Gasteiger partial charge is 0.269 e. The Kier molecular flexibility index (Phi) is 6.19. The minimum Gasteiger partial charge on any atom is -0.491 e. The summed E-state index contributed by atoms with van der Waals surface area (Å²) < 4.78 is 5.71. The van der Waals surface area contributed by atoms with E-state index in [9.17, 15) is 10.1 Å². The Hall–Kier alpha value is -1.58. The predicted molar refractivity (Wildman–Crippen MR) is 71.9 cm³/mol. The molecule has 1 aromatic carbocycles. The fraction of sp³-hybridized carbons (Fsp3) is 0.571. The van der Waals surface area contributed by atoms with Gasteiger partial charge in [0.15, 0.2) is 0 Å². The zero-order chi connectivity index (χ0) is 13.4. The summed E-state index contributed by atoms with van der Waals surface area (Å²) in [4.78, 5) is 10.1. The summed E-state index contributed by atoms with van der Waals surface area (Å²) in [5.41, 5.74) is 0.0953. The van der Waals surface area contributed by atoms with Crippen LogP contribution in [0.25, 0.3) is 0 Å². The van der Waals surface area contributed by atoms with Crippen LogP contribution in [0, 0.1) is 10.1 Å². The van der Waals surface area contributed by atoms with E-state index < -0.39 is 4.92 Å². The highest BCUT2D eigenvalue weighted by Crippen LogP contribution is 2.19. The Morgan fingerprint density at radius 2 is 1.89 bits per heavy atom. The molecule has 1 rings (SSSR count). The molecule has 0 spiro atoms. The molecule has 4 nitrogen and oxygen atoms in total. The van der Waals surface area contributed by atoms with E-state index in [2.05, 4.69) is 6.92 Å². The Labute approximate surface area is 108 Å². The molecule has 0 radical (unpaired) electrons. The van der Waals surface area contributed by atoms with Crippen molar-refractivity contribution in [1.29, 1.82) is 0 Å². The van der Waals surface area contributed by atoms with E-state index in [1.165, 1.54) is 37.8 Å². The molecule has 0 aromatic heterocycles. The molecule has 0 saturated carbocycles. The van der Waals surface area contributed by atoms with E-state index in [1.807, 2.05) is 6.92 Å². The van der Waals surface area contributed by atoms with Gasteiger partial charge in [-0.2, -0.15) is 0 Å². The van der Waals surface area contributed by atoms with Crippen LogP contribution in [0.5, 0.6) is 5.75 Å². The minimum atomic E-state index is -0.405. The van der Waals surface area contributed by atoms with Crippen LogP contribution in [0.15, 0.2) is 24.3 Å². The Morgan fingerprint density at radius 1 is 1.22 bits per heavy atom. The van der Waals surface area contributed by atoms with Gasteiger partial charge in [-0.15, -0.1) is 0 Å². The molecule has 0 N–H and O–H groups in total. The van der Waals surface area contributed by atoms with Crippen LogP contribution >= 0.6 is 0 Å². The summed E-state index contributed by atoms with van der Waals surface area (Å²) in [6.07, 6.45) is 6.09. The molecule has 0 saturated heterocycles. The first-order valence-electron chi connectivity index (χ1n) is 6.54.